The quantitative estimate of drug-likeness (QED) is 0.259. The third kappa shape index (κ3) is 4.65. The first-order valence-corrected chi connectivity index (χ1v) is 7.94. The largest absolute Gasteiger partial charge is 0.421 e. The number of halogens is 1. The third-order valence-electron chi connectivity index (χ3n) is 2.84. The van der Waals surface area contributed by atoms with Crippen LogP contribution in [0.5, 0.6) is 17.2 Å². The maximum absolute atomic E-state index is 12.0. The predicted molar refractivity (Wildman–Crippen MR) is 95.6 cm³/mol. The molecule has 9 heteroatoms. The summed E-state index contributed by atoms with van der Waals surface area (Å²) in [6, 6.07) is 1.79. The van der Waals surface area contributed by atoms with E-state index in [1.165, 1.54) is 6.92 Å². The van der Waals surface area contributed by atoms with Crippen molar-refractivity contribution in [3.63, 3.8) is 0 Å². The molecule has 0 spiro atoms. The van der Waals surface area contributed by atoms with Gasteiger partial charge in [-0.1, -0.05) is 13.2 Å². The van der Waals surface area contributed by atoms with Crippen LogP contribution in [-0.4, -0.2) is 17.9 Å². The second-order valence-corrected chi connectivity index (χ2v) is 5.54. The van der Waals surface area contributed by atoms with Gasteiger partial charge in [0.15, 0.2) is 11.5 Å². The molecule has 0 atom stereocenters. The number of thiol groups is 1. The Bertz CT molecular complexity index is 856. The Kier molecular flexibility index (Phi) is 7.43. The summed E-state index contributed by atoms with van der Waals surface area (Å²) in [4.78, 5) is 35.1. The van der Waals surface area contributed by atoms with E-state index < -0.39 is 29.4 Å². The van der Waals surface area contributed by atoms with Gasteiger partial charge in [0.25, 0.3) is 0 Å². The highest BCUT2D eigenvalue weighted by Crippen LogP contribution is 2.48. The first-order chi connectivity index (χ1) is 12.2. The monoisotopic (exact) mass is 395 g/mol. The van der Waals surface area contributed by atoms with Crippen molar-refractivity contribution in [2.45, 2.75) is 24.6 Å². The summed E-state index contributed by atoms with van der Waals surface area (Å²) < 4.78 is 15.3. The highest BCUT2D eigenvalue weighted by atomic mass is 35.5. The van der Waals surface area contributed by atoms with Gasteiger partial charge in [-0.2, -0.15) is 5.26 Å². The highest BCUT2D eigenvalue weighted by Gasteiger charge is 2.30. The lowest BCUT2D eigenvalue weighted by atomic mass is 10.1. The van der Waals surface area contributed by atoms with Crippen molar-refractivity contribution in [2.75, 3.05) is 0 Å². The Hall–Kier alpha value is -2.76. The predicted octanol–water partition coefficient (Wildman–Crippen LogP) is 3.08. The van der Waals surface area contributed by atoms with Crippen molar-refractivity contribution in [1.82, 2.24) is 0 Å². The number of carbonyl (C=O) groups excluding carboxylic acids is 3. The maximum atomic E-state index is 12.0. The molecule has 0 aliphatic heterocycles. The molecule has 0 saturated carbocycles. The topological polar surface area (TPSA) is 103 Å². The average Bonchev–Trinajstić information content (AvgIpc) is 2.57. The molecule has 0 heterocycles. The molecular weight excluding hydrogens is 382 g/mol. The molecule has 0 radical (unpaired) electrons. The Balaban J connectivity index is 3.89. The summed E-state index contributed by atoms with van der Waals surface area (Å²) in [5.41, 5.74) is -0.0873. The lowest BCUT2D eigenvalue weighted by Gasteiger charge is -2.19. The van der Waals surface area contributed by atoms with Crippen molar-refractivity contribution in [3.8, 4) is 23.3 Å². The van der Waals surface area contributed by atoms with Crippen LogP contribution in [0.25, 0.3) is 0 Å². The van der Waals surface area contributed by atoms with Crippen LogP contribution in [0.15, 0.2) is 29.7 Å². The second kappa shape index (κ2) is 9.08. The molecule has 26 heavy (non-hydrogen) atoms. The molecule has 1 aromatic carbocycles. The molecule has 136 valence electrons. The van der Waals surface area contributed by atoms with Crippen molar-refractivity contribution in [2.24, 2.45) is 0 Å². The van der Waals surface area contributed by atoms with Crippen molar-refractivity contribution in [3.05, 3.63) is 35.9 Å². The molecule has 0 fully saturated rings. The molecule has 0 N–H and O–H groups in total. The minimum atomic E-state index is -0.942. The van der Waals surface area contributed by atoms with Gasteiger partial charge in [0.1, 0.15) is 11.6 Å². The van der Waals surface area contributed by atoms with E-state index in [1.54, 1.807) is 6.07 Å². The molecular formula is C17H14ClNO6S. The molecule has 0 aliphatic rings. The van der Waals surface area contributed by atoms with Gasteiger partial charge in [-0.25, -0.2) is 9.59 Å². The van der Waals surface area contributed by atoms with Gasteiger partial charge in [0.05, 0.1) is 5.88 Å². The maximum Gasteiger partial charge on any atom is 0.338 e. The van der Waals surface area contributed by atoms with E-state index in [0.29, 0.717) is 0 Å². The number of nitriles is 1. The summed E-state index contributed by atoms with van der Waals surface area (Å²) in [5, 5.41) is 9.39. The molecule has 1 aromatic rings. The van der Waals surface area contributed by atoms with Gasteiger partial charge in [0.2, 0.25) is 5.75 Å². The Morgan fingerprint density at radius 3 is 2.23 bits per heavy atom. The minimum absolute atomic E-state index is 0.00154. The van der Waals surface area contributed by atoms with E-state index in [1.807, 2.05) is 0 Å². The van der Waals surface area contributed by atoms with Crippen LogP contribution >= 0.6 is 24.2 Å². The first-order valence-electron chi connectivity index (χ1n) is 6.96. The van der Waals surface area contributed by atoms with Gasteiger partial charge in [-0.05, 0) is 6.92 Å². The zero-order chi connectivity index (χ0) is 20.0. The van der Waals surface area contributed by atoms with Gasteiger partial charge in [-0.3, -0.25) is 4.79 Å². The van der Waals surface area contributed by atoms with E-state index in [4.69, 9.17) is 25.8 Å². The van der Waals surface area contributed by atoms with Crippen LogP contribution in [0.3, 0.4) is 0 Å². The zero-order valence-electron chi connectivity index (χ0n) is 13.9. The number of hydrogen-bond donors (Lipinski definition) is 1. The number of esters is 3. The normalized spacial score (nSPS) is 9.65. The minimum Gasteiger partial charge on any atom is -0.421 e. The smallest absolute Gasteiger partial charge is 0.338 e. The number of benzene rings is 1. The molecule has 7 nitrogen and oxygen atoms in total. The summed E-state index contributed by atoms with van der Waals surface area (Å²) in [7, 11) is 0. The van der Waals surface area contributed by atoms with E-state index in [9.17, 15) is 19.6 Å². The van der Waals surface area contributed by atoms with E-state index in [-0.39, 0.29) is 33.2 Å². The van der Waals surface area contributed by atoms with E-state index in [0.717, 1.165) is 13.0 Å². The fraction of sp³-hybridized carbons (Fsp3) is 0.176. The molecule has 1 rings (SSSR count). The van der Waals surface area contributed by atoms with Crippen molar-refractivity contribution < 1.29 is 28.6 Å². The number of carbonyl (C=O) groups is 3. The van der Waals surface area contributed by atoms with Gasteiger partial charge in [-0.15, -0.1) is 24.2 Å². The summed E-state index contributed by atoms with van der Waals surface area (Å²) in [6.07, 6.45) is 0.836. The molecule has 0 bridgehead atoms. The third-order valence-corrected chi connectivity index (χ3v) is 3.60. The van der Waals surface area contributed by atoms with Gasteiger partial charge in [0, 0.05) is 29.0 Å². The fourth-order valence-electron chi connectivity index (χ4n) is 1.71. The number of alkyl halides is 1. The molecule has 0 saturated heterocycles. The lowest BCUT2D eigenvalue weighted by Crippen LogP contribution is -2.15. The second-order valence-electron chi connectivity index (χ2n) is 4.82. The fourth-order valence-corrected chi connectivity index (χ4v) is 2.39. The molecule has 0 amide bonds. The summed E-state index contributed by atoms with van der Waals surface area (Å²) >= 11 is 10.1. The zero-order valence-corrected chi connectivity index (χ0v) is 15.6. The first kappa shape index (κ1) is 21.3. The Labute approximate surface area is 160 Å². The number of hydrogen-bond acceptors (Lipinski definition) is 8. The Morgan fingerprint density at radius 1 is 1.19 bits per heavy atom. The summed E-state index contributed by atoms with van der Waals surface area (Å²) in [6.45, 7) is 9.19. The van der Waals surface area contributed by atoms with Crippen LogP contribution in [0.4, 0.5) is 0 Å². The van der Waals surface area contributed by atoms with Crippen LogP contribution in [0.2, 0.25) is 0 Å². The number of ether oxygens (including phenoxy) is 3. The van der Waals surface area contributed by atoms with Crippen molar-refractivity contribution >= 4 is 42.1 Å². The standard InChI is InChI=1S/C17H14ClNO6S/c1-5-12(21)24-15-13(25-17(22)8(2)3)10(6-18)16(26)11(7-19)14(15)23-9(4)20/h5,26H,1-2,6H2,3-4H3. The number of rotatable bonds is 6. The van der Waals surface area contributed by atoms with E-state index in [2.05, 4.69) is 25.8 Å². The molecule has 0 aromatic heterocycles. The van der Waals surface area contributed by atoms with Gasteiger partial charge < -0.3 is 14.2 Å². The lowest BCUT2D eigenvalue weighted by molar-refractivity contribution is -0.134. The van der Waals surface area contributed by atoms with Crippen LogP contribution in [0.1, 0.15) is 25.0 Å². The van der Waals surface area contributed by atoms with E-state index >= 15 is 0 Å². The SMILES string of the molecule is C=CC(=O)Oc1c(OC(C)=O)c(C#N)c(S)c(CCl)c1OC(=O)C(=C)C. The average molecular weight is 396 g/mol. The Morgan fingerprint density at radius 2 is 1.81 bits per heavy atom. The van der Waals surface area contributed by atoms with Crippen LogP contribution in [0, 0.1) is 11.3 Å². The van der Waals surface area contributed by atoms with Crippen LogP contribution in [-0.2, 0) is 20.3 Å². The van der Waals surface area contributed by atoms with Crippen molar-refractivity contribution in [1.29, 1.82) is 5.26 Å². The molecule has 0 unspecified atom stereocenters. The highest BCUT2D eigenvalue weighted by molar-refractivity contribution is 7.80. The number of nitrogens with zero attached hydrogens (tertiary/aromatic N) is 1. The molecule has 0 aliphatic carbocycles. The summed E-state index contributed by atoms with van der Waals surface area (Å²) in [5.74, 6) is -4.06. The van der Waals surface area contributed by atoms with Gasteiger partial charge >= 0.3 is 17.9 Å². The van der Waals surface area contributed by atoms with Crippen LogP contribution < -0.4 is 14.2 Å².